The van der Waals surface area contributed by atoms with Gasteiger partial charge in [-0.3, -0.25) is 0 Å². The van der Waals surface area contributed by atoms with Crippen LogP contribution in [0.1, 0.15) is 97.6 Å². The van der Waals surface area contributed by atoms with Crippen molar-refractivity contribution in [3.05, 3.63) is 41.0 Å². The van der Waals surface area contributed by atoms with E-state index >= 15 is 0 Å². The first kappa shape index (κ1) is 19.4. The van der Waals surface area contributed by atoms with E-state index in [1.54, 1.807) is 5.57 Å². The van der Waals surface area contributed by atoms with Crippen LogP contribution in [0.3, 0.4) is 0 Å². The van der Waals surface area contributed by atoms with Crippen LogP contribution in [-0.4, -0.2) is 16.3 Å². The van der Waals surface area contributed by atoms with Crippen molar-refractivity contribution in [1.82, 2.24) is 0 Å². The van der Waals surface area contributed by atoms with Crippen LogP contribution in [0, 0.1) is 11.3 Å². The SMILES string of the molecule is CC1=CC(C)C2(C=[N+](c3c(C(C)C)cccc3C(C)C)C(C)(C)C2)CC1. The molecule has 1 aromatic rings. The van der Waals surface area contributed by atoms with Gasteiger partial charge in [-0.25, -0.2) is 0 Å². The van der Waals surface area contributed by atoms with Crippen LogP contribution in [0.2, 0.25) is 0 Å². The van der Waals surface area contributed by atoms with E-state index in [9.17, 15) is 0 Å². The molecule has 0 radical (unpaired) electrons. The third-order valence-electron chi connectivity index (χ3n) is 6.81. The second-order valence-electron chi connectivity index (χ2n) is 10.1. The smallest absolute Gasteiger partial charge is 0.197 e. The van der Waals surface area contributed by atoms with Crippen molar-refractivity contribution in [2.24, 2.45) is 11.3 Å². The Hall–Kier alpha value is -1.37. The standard InChI is InChI=1S/C25H38N/c1-17(2)21-10-9-11-22(18(3)4)23(21)26-16-25(15-24(26,7)8)13-12-19(5)14-20(25)6/h9-11,14,16-18,20H,12-13,15H2,1-8H3/q+1. The van der Waals surface area contributed by atoms with E-state index in [1.807, 2.05) is 0 Å². The Morgan fingerprint density at radius 2 is 1.62 bits per heavy atom. The number of hydrogen-bond donors (Lipinski definition) is 0. The Kier molecular flexibility index (Phi) is 4.97. The molecular weight excluding hydrogens is 314 g/mol. The molecule has 1 heteroatoms. The lowest BCUT2D eigenvalue weighted by Crippen LogP contribution is -2.34. The fourth-order valence-electron chi connectivity index (χ4n) is 5.29. The minimum Gasteiger partial charge on any atom is -0.197 e. The molecule has 0 amide bonds. The summed E-state index contributed by atoms with van der Waals surface area (Å²) in [7, 11) is 0. The third kappa shape index (κ3) is 3.19. The van der Waals surface area contributed by atoms with Gasteiger partial charge in [0.2, 0.25) is 5.69 Å². The molecule has 1 aliphatic heterocycles. The van der Waals surface area contributed by atoms with Crippen molar-refractivity contribution >= 4 is 11.9 Å². The van der Waals surface area contributed by atoms with Gasteiger partial charge in [-0.15, -0.1) is 0 Å². The van der Waals surface area contributed by atoms with Gasteiger partial charge in [0.15, 0.2) is 11.8 Å². The van der Waals surface area contributed by atoms with Crippen molar-refractivity contribution < 1.29 is 4.58 Å². The second-order valence-corrected chi connectivity index (χ2v) is 10.1. The van der Waals surface area contributed by atoms with E-state index < -0.39 is 0 Å². The second kappa shape index (κ2) is 6.66. The van der Waals surface area contributed by atoms with Gasteiger partial charge in [0, 0.05) is 31.4 Å². The molecule has 1 aromatic carbocycles. The monoisotopic (exact) mass is 352 g/mol. The molecule has 0 N–H and O–H groups in total. The Morgan fingerprint density at radius 1 is 1.04 bits per heavy atom. The number of para-hydroxylation sites is 1. The van der Waals surface area contributed by atoms with Gasteiger partial charge in [-0.1, -0.05) is 64.5 Å². The van der Waals surface area contributed by atoms with Gasteiger partial charge < -0.3 is 0 Å². The van der Waals surface area contributed by atoms with Gasteiger partial charge in [0.05, 0.1) is 5.41 Å². The summed E-state index contributed by atoms with van der Waals surface area (Å²) in [6.07, 6.45) is 8.94. The molecule has 1 spiro atoms. The van der Waals surface area contributed by atoms with Crippen LogP contribution in [0.25, 0.3) is 0 Å². The van der Waals surface area contributed by atoms with Crippen molar-refractivity contribution in [2.75, 3.05) is 0 Å². The number of benzene rings is 1. The molecule has 1 nitrogen and oxygen atoms in total. The zero-order valence-electron chi connectivity index (χ0n) is 18.2. The average molecular weight is 353 g/mol. The number of hydrogen-bond acceptors (Lipinski definition) is 0. The topological polar surface area (TPSA) is 3.01 Å². The molecule has 26 heavy (non-hydrogen) atoms. The summed E-state index contributed by atoms with van der Waals surface area (Å²) in [4.78, 5) is 0. The molecule has 0 saturated carbocycles. The van der Waals surface area contributed by atoms with Crippen LogP contribution < -0.4 is 0 Å². The fraction of sp³-hybridized carbons (Fsp3) is 0.640. The predicted octanol–water partition coefficient (Wildman–Crippen LogP) is 7.19. The molecule has 2 atom stereocenters. The Bertz CT molecular complexity index is 721. The summed E-state index contributed by atoms with van der Waals surface area (Å²) in [6.45, 7) is 18.9. The molecule has 0 aromatic heterocycles. The summed E-state index contributed by atoms with van der Waals surface area (Å²) in [5, 5.41) is 0. The van der Waals surface area contributed by atoms with Gasteiger partial charge >= 0.3 is 0 Å². The minimum atomic E-state index is 0.155. The van der Waals surface area contributed by atoms with Gasteiger partial charge in [-0.2, -0.15) is 4.58 Å². The number of nitrogens with zero attached hydrogens (tertiary/aromatic N) is 1. The molecule has 2 unspecified atom stereocenters. The molecule has 0 saturated heterocycles. The summed E-state index contributed by atoms with van der Waals surface area (Å²) in [5.41, 5.74) is 6.50. The Labute approximate surface area is 161 Å². The number of rotatable bonds is 3. The summed E-state index contributed by atoms with van der Waals surface area (Å²) in [5.74, 6) is 1.69. The first-order chi connectivity index (χ1) is 12.1. The molecule has 1 heterocycles. The van der Waals surface area contributed by atoms with Crippen LogP contribution in [0.15, 0.2) is 29.8 Å². The lowest BCUT2D eigenvalue weighted by Gasteiger charge is -2.34. The minimum absolute atomic E-state index is 0.155. The highest BCUT2D eigenvalue weighted by Gasteiger charge is 2.54. The van der Waals surface area contributed by atoms with Crippen molar-refractivity contribution in [1.29, 1.82) is 0 Å². The molecule has 0 fully saturated rings. The van der Waals surface area contributed by atoms with E-state index in [2.05, 4.69) is 90.5 Å². The normalized spacial score (nSPS) is 28.0. The molecule has 142 valence electrons. The number of allylic oxidation sites excluding steroid dienone is 2. The van der Waals surface area contributed by atoms with E-state index in [-0.39, 0.29) is 5.54 Å². The molecular formula is C25H38N+. The largest absolute Gasteiger partial charge is 0.212 e. The maximum atomic E-state index is 2.67. The van der Waals surface area contributed by atoms with Gasteiger partial charge in [0.1, 0.15) is 0 Å². The molecule has 3 rings (SSSR count). The average Bonchev–Trinajstić information content (AvgIpc) is 2.82. The van der Waals surface area contributed by atoms with Crippen LogP contribution >= 0.6 is 0 Å². The lowest BCUT2D eigenvalue weighted by atomic mass is 9.66. The van der Waals surface area contributed by atoms with E-state index in [0.29, 0.717) is 23.2 Å². The molecule has 0 bridgehead atoms. The summed E-state index contributed by atoms with van der Waals surface area (Å²) < 4.78 is 2.67. The third-order valence-corrected chi connectivity index (χ3v) is 6.81. The zero-order chi connectivity index (χ0) is 19.3. The van der Waals surface area contributed by atoms with Crippen molar-refractivity contribution in [3.8, 4) is 0 Å². The maximum absolute atomic E-state index is 2.67. The van der Waals surface area contributed by atoms with Gasteiger partial charge in [0.25, 0.3) is 0 Å². The maximum Gasteiger partial charge on any atom is 0.212 e. The van der Waals surface area contributed by atoms with Gasteiger partial charge in [-0.05, 0) is 37.5 Å². The molecule has 1 aliphatic carbocycles. The van der Waals surface area contributed by atoms with E-state index in [1.165, 1.54) is 36.1 Å². The summed E-state index contributed by atoms with van der Waals surface area (Å²) >= 11 is 0. The quantitative estimate of drug-likeness (QED) is 0.400. The van der Waals surface area contributed by atoms with E-state index in [4.69, 9.17) is 0 Å². The van der Waals surface area contributed by atoms with Crippen LogP contribution in [0.4, 0.5) is 5.69 Å². The predicted molar refractivity (Wildman–Crippen MR) is 114 cm³/mol. The van der Waals surface area contributed by atoms with Crippen molar-refractivity contribution in [3.63, 3.8) is 0 Å². The highest BCUT2D eigenvalue weighted by Crippen LogP contribution is 2.51. The Morgan fingerprint density at radius 3 is 2.12 bits per heavy atom. The highest BCUT2D eigenvalue weighted by atomic mass is 15.1. The first-order valence-corrected chi connectivity index (χ1v) is 10.5. The highest BCUT2D eigenvalue weighted by molar-refractivity contribution is 5.68. The zero-order valence-corrected chi connectivity index (χ0v) is 18.2. The first-order valence-electron chi connectivity index (χ1n) is 10.5. The molecule has 2 aliphatic rings. The lowest BCUT2D eigenvalue weighted by molar-refractivity contribution is -0.513. The Balaban J connectivity index is 2.21. The summed E-state index contributed by atoms with van der Waals surface area (Å²) in [6, 6.07) is 6.94. The van der Waals surface area contributed by atoms with Crippen LogP contribution in [0.5, 0.6) is 0 Å². The van der Waals surface area contributed by atoms with E-state index in [0.717, 1.165) is 0 Å². The fourth-order valence-corrected chi connectivity index (χ4v) is 5.29. The van der Waals surface area contributed by atoms with Crippen LogP contribution in [-0.2, 0) is 0 Å². The van der Waals surface area contributed by atoms with Crippen molar-refractivity contribution in [2.45, 2.75) is 92.0 Å².